The van der Waals surface area contributed by atoms with Crippen LogP contribution in [0.5, 0.6) is 0 Å². The molecular weight excluding hydrogens is 216 g/mol. The molecule has 0 aromatic heterocycles. The lowest BCUT2D eigenvalue weighted by molar-refractivity contribution is -0.137. The predicted octanol–water partition coefficient (Wildman–Crippen LogP) is 0.733. The van der Waals surface area contributed by atoms with Gasteiger partial charge in [-0.05, 0) is 38.5 Å². The fourth-order valence-corrected chi connectivity index (χ4v) is 3.04. The van der Waals surface area contributed by atoms with Gasteiger partial charge in [-0.25, -0.2) is 0 Å². The molecular formula is C13H24N2O2. The maximum absolute atomic E-state index is 12.3. The van der Waals surface area contributed by atoms with E-state index in [1.807, 2.05) is 4.90 Å². The molecule has 2 aliphatic rings. The van der Waals surface area contributed by atoms with Crippen LogP contribution in [-0.2, 0) is 4.79 Å². The van der Waals surface area contributed by atoms with Crippen molar-refractivity contribution in [2.75, 3.05) is 13.1 Å². The van der Waals surface area contributed by atoms with Crippen molar-refractivity contribution in [2.45, 2.75) is 51.2 Å². The third-order valence-corrected chi connectivity index (χ3v) is 4.35. The number of β-amino-alcohol motifs (C(OH)–C–C–N with tert-alkyl or cyclic N) is 1. The second-order valence-corrected chi connectivity index (χ2v) is 6.16. The maximum atomic E-state index is 12.3. The van der Waals surface area contributed by atoms with Gasteiger partial charge in [0.15, 0.2) is 0 Å². The zero-order valence-corrected chi connectivity index (χ0v) is 10.9. The molecule has 3 N–H and O–H groups in total. The van der Waals surface area contributed by atoms with Crippen molar-refractivity contribution in [3.63, 3.8) is 0 Å². The fraction of sp³-hybridized carbons (Fsp3) is 0.923. The Hall–Kier alpha value is -0.610. The molecule has 1 saturated carbocycles. The number of hydrogen-bond acceptors (Lipinski definition) is 3. The van der Waals surface area contributed by atoms with Gasteiger partial charge in [0.1, 0.15) is 0 Å². The number of aliphatic hydroxyl groups is 1. The summed E-state index contributed by atoms with van der Waals surface area (Å²) in [6.07, 6.45) is 3.45. The molecule has 17 heavy (non-hydrogen) atoms. The average Bonchev–Trinajstić information content (AvgIpc) is 2.62. The minimum absolute atomic E-state index is 0.124. The molecule has 0 spiro atoms. The van der Waals surface area contributed by atoms with Crippen LogP contribution < -0.4 is 5.73 Å². The number of carbonyl (C=O) groups is 1. The number of likely N-dealkylation sites (tertiary alicyclic amines) is 1. The second-order valence-electron chi connectivity index (χ2n) is 6.16. The van der Waals surface area contributed by atoms with Gasteiger partial charge in [-0.1, -0.05) is 6.92 Å². The Balaban J connectivity index is 1.93. The van der Waals surface area contributed by atoms with Crippen LogP contribution >= 0.6 is 0 Å². The van der Waals surface area contributed by atoms with Gasteiger partial charge in [0.05, 0.1) is 5.60 Å². The lowest BCUT2D eigenvalue weighted by Crippen LogP contribution is -2.42. The Bertz CT molecular complexity index is 304. The Morgan fingerprint density at radius 3 is 2.71 bits per heavy atom. The lowest BCUT2D eigenvalue weighted by atomic mass is 9.79. The fourth-order valence-electron chi connectivity index (χ4n) is 3.04. The summed E-state index contributed by atoms with van der Waals surface area (Å²) in [5, 5.41) is 9.89. The molecule has 4 unspecified atom stereocenters. The highest BCUT2D eigenvalue weighted by molar-refractivity contribution is 5.79. The summed E-state index contributed by atoms with van der Waals surface area (Å²) < 4.78 is 0. The molecule has 1 heterocycles. The topological polar surface area (TPSA) is 66.6 Å². The lowest BCUT2D eigenvalue weighted by Gasteiger charge is -2.33. The highest BCUT2D eigenvalue weighted by Gasteiger charge is 2.38. The van der Waals surface area contributed by atoms with Gasteiger partial charge in [0.25, 0.3) is 0 Å². The first-order valence-electron chi connectivity index (χ1n) is 6.66. The predicted molar refractivity (Wildman–Crippen MR) is 66.3 cm³/mol. The minimum atomic E-state index is -0.688. The van der Waals surface area contributed by atoms with Crippen molar-refractivity contribution in [1.82, 2.24) is 4.90 Å². The van der Waals surface area contributed by atoms with Gasteiger partial charge < -0.3 is 15.7 Å². The molecule has 4 heteroatoms. The second kappa shape index (κ2) is 4.58. The molecule has 0 aromatic carbocycles. The Kier molecular flexibility index (Phi) is 3.46. The van der Waals surface area contributed by atoms with Gasteiger partial charge in [-0.3, -0.25) is 4.79 Å². The first kappa shape index (κ1) is 12.8. The summed E-state index contributed by atoms with van der Waals surface area (Å²) in [5.41, 5.74) is 5.28. The van der Waals surface area contributed by atoms with Crippen LogP contribution in [0.1, 0.15) is 39.5 Å². The normalized spacial score (nSPS) is 42.8. The van der Waals surface area contributed by atoms with E-state index in [4.69, 9.17) is 5.73 Å². The average molecular weight is 240 g/mol. The van der Waals surface area contributed by atoms with Gasteiger partial charge in [-0.15, -0.1) is 0 Å². The summed E-state index contributed by atoms with van der Waals surface area (Å²) in [4.78, 5) is 14.1. The summed E-state index contributed by atoms with van der Waals surface area (Å²) in [6, 6.07) is 0.251. The molecule has 98 valence electrons. The third-order valence-electron chi connectivity index (χ3n) is 4.35. The van der Waals surface area contributed by atoms with Crippen molar-refractivity contribution in [3.8, 4) is 0 Å². The van der Waals surface area contributed by atoms with Crippen LogP contribution in [0.2, 0.25) is 0 Å². The van der Waals surface area contributed by atoms with Crippen LogP contribution in [0.15, 0.2) is 0 Å². The molecule has 1 saturated heterocycles. The standard InChI is InChI=1S/C13H24N2O2/c1-9-7-10(3-4-11(9)14)12(16)15-6-5-13(2,17)8-15/h9-11,17H,3-8,14H2,1-2H3. The molecule has 0 bridgehead atoms. The highest BCUT2D eigenvalue weighted by atomic mass is 16.3. The summed E-state index contributed by atoms with van der Waals surface area (Å²) in [6.45, 7) is 5.12. The molecule has 1 aliphatic carbocycles. The van der Waals surface area contributed by atoms with E-state index >= 15 is 0 Å². The smallest absolute Gasteiger partial charge is 0.225 e. The van der Waals surface area contributed by atoms with Crippen LogP contribution in [0.3, 0.4) is 0 Å². The first-order chi connectivity index (χ1) is 7.89. The largest absolute Gasteiger partial charge is 0.388 e. The molecule has 1 amide bonds. The highest BCUT2D eigenvalue weighted by Crippen LogP contribution is 2.31. The van der Waals surface area contributed by atoms with Gasteiger partial charge in [-0.2, -0.15) is 0 Å². The Morgan fingerprint density at radius 1 is 1.47 bits per heavy atom. The minimum Gasteiger partial charge on any atom is -0.388 e. The number of nitrogens with two attached hydrogens (primary N) is 1. The molecule has 1 aliphatic heterocycles. The summed E-state index contributed by atoms with van der Waals surface area (Å²) in [5.74, 6) is 0.779. The van der Waals surface area contributed by atoms with E-state index in [1.54, 1.807) is 6.92 Å². The number of amides is 1. The van der Waals surface area contributed by atoms with Crippen molar-refractivity contribution < 1.29 is 9.90 Å². The van der Waals surface area contributed by atoms with Gasteiger partial charge >= 0.3 is 0 Å². The van der Waals surface area contributed by atoms with E-state index in [9.17, 15) is 9.90 Å². The van der Waals surface area contributed by atoms with Crippen LogP contribution in [0.25, 0.3) is 0 Å². The van der Waals surface area contributed by atoms with Crippen LogP contribution in [0.4, 0.5) is 0 Å². The van der Waals surface area contributed by atoms with Crippen molar-refractivity contribution >= 4 is 5.91 Å². The quantitative estimate of drug-likeness (QED) is 0.710. The van der Waals surface area contributed by atoms with E-state index in [2.05, 4.69) is 6.92 Å². The van der Waals surface area contributed by atoms with E-state index in [1.165, 1.54) is 0 Å². The number of hydrogen-bond donors (Lipinski definition) is 2. The van der Waals surface area contributed by atoms with Crippen molar-refractivity contribution in [3.05, 3.63) is 0 Å². The molecule has 2 rings (SSSR count). The van der Waals surface area contributed by atoms with Crippen LogP contribution in [-0.4, -0.2) is 40.6 Å². The molecule has 4 nitrogen and oxygen atoms in total. The Labute approximate surface area is 103 Å². The third kappa shape index (κ3) is 2.80. The van der Waals surface area contributed by atoms with Crippen molar-refractivity contribution in [2.24, 2.45) is 17.6 Å². The van der Waals surface area contributed by atoms with Gasteiger partial charge in [0.2, 0.25) is 5.91 Å². The molecule has 4 atom stereocenters. The number of carbonyl (C=O) groups excluding carboxylic acids is 1. The first-order valence-corrected chi connectivity index (χ1v) is 6.66. The summed E-state index contributed by atoms with van der Waals surface area (Å²) in [7, 11) is 0. The zero-order valence-electron chi connectivity index (χ0n) is 10.9. The number of rotatable bonds is 1. The van der Waals surface area contributed by atoms with E-state index in [-0.39, 0.29) is 17.9 Å². The van der Waals surface area contributed by atoms with E-state index in [0.29, 0.717) is 25.4 Å². The molecule has 2 fully saturated rings. The van der Waals surface area contributed by atoms with Crippen molar-refractivity contribution in [1.29, 1.82) is 0 Å². The maximum Gasteiger partial charge on any atom is 0.225 e. The van der Waals surface area contributed by atoms with Crippen LogP contribution in [0, 0.1) is 11.8 Å². The van der Waals surface area contributed by atoms with Gasteiger partial charge in [0, 0.05) is 25.0 Å². The van der Waals surface area contributed by atoms with E-state index < -0.39 is 5.60 Å². The summed E-state index contributed by atoms with van der Waals surface area (Å²) >= 11 is 0. The zero-order chi connectivity index (χ0) is 12.6. The van der Waals surface area contributed by atoms with E-state index in [0.717, 1.165) is 19.3 Å². The molecule has 0 radical (unpaired) electrons. The molecule has 0 aromatic rings. The SMILES string of the molecule is CC1CC(C(=O)N2CCC(C)(O)C2)CCC1N. The number of nitrogens with zero attached hydrogens (tertiary/aromatic N) is 1. The Morgan fingerprint density at radius 2 is 2.18 bits per heavy atom. The monoisotopic (exact) mass is 240 g/mol.